The summed E-state index contributed by atoms with van der Waals surface area (Å²) in [4.78, 5) is 34.1. The minimum absolute atomic E-state index is 0.0353. The summed E-state index contributed by atoms with van der Waals surface area (Å²) in [6, 6.07) is 11.4. The normalized spacial score (nSPS) is 13.9. The molecule has 5 rings (SSSR count). The summed E-state index contributed by atoms with van der Waals surface area (Å²) in [5.41, 5.74) is 6.85. The summed E-state index contributed by atoms with van der Waals surface area (Å²) in [6.45, 7) is 2.91. The van der Waals surface area contributed by atoms with Crippen molar-refractivity contribution in [2.24, 2.45) is 5.73 Å². The molecule has 1 saturated heterocycles. The molecule has 7 nitrogen and oxygen atoms in total. The van der Waals surface area contributed by atoms with Gasteiger partial charge in [0.25, 0.3) is 5.91 Å². The minimum Gasteiger partial charge on any atom is -0.378 e. The monoisotopic (exact) mass is 462 g/mol. The fraction of sp³-hybridized carbons (Fsp3) is 0.160. The highest BCUT2D eigenvalue weighted by Gasteiger charge is 2.26. The quantitative estimate of drug-likeness (QED) is 0.441. The molecule has 4 aromatic rings. The fourth-order valence-electron chi connectivity index (χ4n) is 4.14. The zero-order chi connectivity index (χ0) is 23.8. The molecule has 2 aromatic heterocycles. The van der Waals surface area contributed by atoms with Crippen LogP contribution in [-0.4, -0.2) is 48.0 Å². The van der Waals surface area contributed by atoms with E-state index in [2.05, 4.69) is 14.9 Å². The number of hydrogen-bond acceptors (Lipinski definition) is 5. The number of aromatic nitrogens is 2. The first-order valence-corrected chi connectivity index (χ1v) is 10.7. The van der Waals surface area contributed by atoms with Crippen molar-refractivity contribution in [1.82, 2.24) is 9.97 Å². The molecular weight excluding hydrogens is 442 g/mol. The highest BCUT2D eigenvalue weighted by molar-refractivity contribution is 6.17. The Bertz CT molecular complexity index is 1430. The molecule has 1 amide bonds. The molecule has 34 heavy (non-hydrogen) atoms. The lowest BCUT2D eigenvalue weighted by molar-refractivity contribution is 0.0996. The molecule has 0 saturated carbocycles. The van der Waals surface area contributed by atoms with E-state index in [9.17, 15) is 18.4 Å². The van der Waals surface area contributed by atoms with Crippen LogP contribution in [0.2, 0.25) is 0 Å². The first kappa shape index (κ1) is 21.7. The molecule has 1 aliphatic heterocycles. The van der Waals surface area contributed by atoms with Crippen LogP contribution >= 0.6 is 0 Å². The van der Waals surface area contributed by atoms with Crippen molar-refractivity contribution in [3.05, 3.63) is 83.2 Å². The number of ether oxygens (including phenoxy) is 1. The van der Waals surface area contributed by atoms with Gasteiger partial charge in [0.05, 0.1) is 24.3 Å². The van der Waals surface area contributed by atoms with Crippen molar-refractivity contribution in [2.45, 2.75) is 0 Å². The molecule has 0 atom stereocenters. The van der Waals surface area contributed by atoms with Crippen LogP contribution in [0.4, 0.5) is 14.5 Å². The van der Waals surface area contributed by atoms with Gasteiger partial charge in [-0.1, -0.05) is 12.1 Å². The number of carbonyl (C=O) groups excluding carboxylic acids is 2. The Morgan fingerprint density at radius 3 is 2.59 bits per heavy atom. The number of halogens is 2. The Kier molecular flexibility index (Phi) is 5.54. The van der Waals surface area contributed by atoms with Gasteiger partial charge in [0.15, 0.2) is 0 Å². The van der Waals surface area contributed by atoms with Crippen molar-refractivity contribution in [3.63, 3.8) is 0 Å². The minimum atomic E-state index is -1.28. The molecule has 0 aliphatic carbocycles. The number of aromatic amines is 1. The Labute approximate surface area is 193 Å². The number of nitrogens with two attached hydrogens (primary N) is 1. The number of amides is 1. The molecule has 2 aromatic carbocycles. The number of fused-ring (bicyclic) bond motifs is 1. The molecule has 0 radical (unpaired) electrons. The molecule has 172 valence electrons. The van der Waals surface area contributed by atoms with E-state index in [-0.39, 0.29) is 5.56 Å². The van der Waals surface area contributed by atoms with Gasteiger partial charge in [0.1, 0.15) is 17.3 Å². The largest absolute Gasteiger partial charge is 0.378 e. The van der Waals surface area contributed by atoms with E-state index >= 15 is 0 Å². The second-order valence-electron chi connectivity index (χ2n) is 7.95. The Hall–Kier alpha value is -4.11. The lowest BCUT2D eigenvalue weighted by atomic mass is 9.98. The van der Waals surface area contributed by atoms with Gasteiger partial charge in [-0.3, -0.25) is 9.59 Å². The summed E-state index contributed by atoms with van der Waals surface area (Å²) in [7, 11) is 0. The van der Waals surface area contributed by atoms with E-state index in [0.29, 0.717) is 24.2 Å². The SMILES string of the molecule is NC(=O)c1ccc(F)c(C(=O)c2c[nH]c3ncc(-c4cccc(N5CCOCC5)c4)cc23)c1F. The molecule has 3 heterocycles. The van der Waals surface area contributed by atoms with Gasteiger partial charge in [-0.15, -0.1) is 0 Å². The van der Waals surface area contributed by atoms with Crippen LogP contribution in [0, 0.1) is 11.6 Å². The van der Waals surface area contributed by atoms with Crippen LogP contribution in [0.15, 0.2) is 54.9 Å². The maximum Gasteiger partial charge on any atom is 0.251 e. The van der Waals surface area contributed by atoms with Gasteiger partial charge in [-0.05, 0) is 35.9 Å². The van der Waals surface area contributed by atoms with Gasteiger partial charge < -0.3 is 20.4 Å². The number of nitrogens with zero attached hydrogens (tertiary/aromatic N) is 2. The number of carbonyl (C=O) groups is 2. The van der Waals surface area contributed by atoms with Crippen molar-refractivity contribution in [3.8, 4) is 11.1 Å². The lowest BCUT2D eigenvalue weighted by Crippen LogP contribution is -2.36. The first-order valence-electron chi connectivity index (χ1n) is 10.7. The summed E-state index contributed by atoms with van der Waals surface area (Å²) in [5, 5.41) is 0.405. The number of anilines is 1. The number of nitrogens with one attached hydrogen (secondary N) is 1. The average Bonchev–Trinajstić information content (AvgIpc) is 3.28. The van der Waals surface area contributed by atoms with E-state index in [1.54, 1.807) is 12.3 Å². The number of morpholine rings is 1. The predicted molar refractivity (Wildman–Crippen MR) is 123 cm³/mol. The molecule has 1 fully saturated rings. The Morgan fingerprint density at radius 2 is 1.82 bits per heavy atom. The molecule has 1 aliphatic rings. The zero-order valence-electron chi connectivity index (χ0n) is 18.0. The van der Waals surface area contributed by atoms with Crippen LogP contribution in [0.3, 0.4) is 0 Å². The second kappa shape index (κ2) is 8.68. The number of pyridine rings is 1. The van der Waals surface area contributed by atoms with Crippen LogP contribution in [0.5, 0.6) is 0 Å². The molecule has 0 unspecified atom stereocenters. The fourth-order valence-corrected chi connectivity index (χ4v) is 4.14. The maximum atomic E-state index is 14.8. The summed E-state index contributed by atoms with van der Waals surface area (Å²) in [6.07, 6.45) is 3.02. The lowest BCUT2D eigenvalue weighted by Gasteiger charge is -2.29. The molecule has 0 spiro atoms. The van der Waals surface area contributed by atoms with Crippen molar-refractivity contribution in [1.29, 1.82) is 0 Å². The van der Waals surface area contributed by atoms with E-state index in [1.165, 1.54) is 6.20 Å². The highest BCUT2D eigenvalue weighted by Crippen LogP contribution is 2.30. The number of hydrogen-bond donors (Lipinski definition) is 2. The van der Waals surface area contributed by atoms with Gasteiger partial charge in [-0.25, -0.2) is 13.8 Å². The van der Waals surface area contributed by atoms with Crippen LogP contribution in [0.25, 0.3) is 22.2 Å². The van der Waals surface area contributed by atoms with Gasteiger partial charge in [0.2, 0.25) is 5.78 Å². The van der Waals surface area contributed by atoms with Crippen LogP contribution in [0.1, 0.15) is 26.3 Å². The van der Waals surface area contributed by atoms with Crippen molar-refractivity contribution >= 4 is 28.4 Å². The number of ketones is 1. The molecule has 0 bridgehead atoms. The Balaban J connectivity index is 1.56. The van der Waals surface area contributed by atoms with E-state index in [4.69, 9.17) is 10.5 Å². The van der Waals surface area contributed by atoms with Gasteiger partial charge in [0, 0.05) is 47.7 Å². The van der Waals surface area contributed by atoms with Crippen LogP contribution in [-0.2, 0) is 4.74 Å². The summed E-state index contributed by atoms with van der Waals surface area (Å²) in [5.74, 6) is -4.36. The van der Waals surface area contributed by atoms with E-state index in [0.717, 1.165) is 42.0 Å². The number of H-pyrrole nitrogens is 1. The predicted octanol–water partition coefficient (Wildman–Crippen LogP) is 3.67. The number of benzene rings is 2. The topological polar surface area (TPSA) is 101 Å². The molecule has 3 N–H and O–H groups in total. The third-order valence-electron chi connectivity index (χ3n) is 5.92. The summed E-state index contributed by atoms with van der Waals surface area (Å²) < 4.78 is 34.7. The van der Waals surface area contributed by atoms with Crippen LogP contribution < -0.4 is 10.6 Å². The third kappa shape index (κ3) is 3.80. The standard InChI is InChI=1S/C25H20F2N4O3/c26-20-5-4-17(24(28)33)22(27)21(20)23(32)19-13-30-25-18(19)11-15(12-29-25)14-2-1-3-16(10-14)31-6-8-34-9-7-31/h1-5,10-13H,6-9H2,(H2,28,33)(H,29,30). The number of primary amides is 1. The highest BCUT2D eigenvalue weighted by atomic mass is 19.1. The first-order chi connectivity index (χ1) is 16.4. The van der Waals surface area contributed by atoms with Gasteiger partial charge >= 0.3 is 0 Å². The second-order valence-corrected chi connectivity index (χ2v) is 7.95. The molecule has 9 heteroatoms. The zero-order valence-corrected chi connectivity index (χ0v) is 18.0. The van der Waals surface area contributed by atoms with E-state index < -0.39 is 34.5 Å². The molecular formula is C25H20F2N4O3. The van der Waals surface area contributed by atoms with Gasteiger partial charge in [-0.2, -0.15) is 0 Å². The van der Waals surface area contributed by atoms with Crippen molar-refractivity contribution < 1.29 is 23.1 Å². The number of rotatable bonds is 5. The smallest absolute Gasteiger partial charge is 0.251 e. The van der Waals surface area contributed by atoms with E-state index in [1.807, 2.05) is 24.3 Å². The average molecular weight is 462 g/mol. The maximum absolute atomic E-state index is 14.8. The Morgan fingerprint density at radius 1 is 1.03 bits per heavy atom. The summed E-state index contributed by atoms with van der Waals surface area (Å²) >= 11 is 0. The van der Waals surface area contributed by atoms with Crippen molar-refractivity contribution in [2.75, 3.05) is 31.2 Å². The third-order valence-corrected chi connectivity index (χ3v) is 5.92.